The number of piperidine rings is 1. The van der Waals surface area contributed by atoms with Crippen molar-refractivity contribution in [1.82, 2.24) is 15.1 Å². The molecule has 4 rings (SSSR count). The first-order valence-corrected chi connectivity index (χ1v) is 8.31. The van der Waals surface area contributed by atoms with Gasteiger partial charge in [-0.3, -0.25) is 4.79 Å². The van der Waals surface area contributed by atoms with Crippen molar-refractivity contribution in [3.05, 3.63) is 42.1 Å². The Hall–Kier alpha value is -1.85. The van der Waals surface area contributed by atoms with Gasteiger partial charge in [-0.25, -0.2) is 4.68 Å². The van der Waals surface area contributed by atoms with Crippen LogP contribution < -0.4 is 10.6 Å². The first kappa shape index (κ1) is 17.0. The number of aromatic nitrogens is 2. The monoisotopic (exact) mass is 346 g/mol. The molecule has 1 aliphatic carbocycles. The second kappa shape index (κ2) is 6.57. The highest BCUT2D eigenvalue weighted by atomic mass is 35.5. The van der Waals surface area contributed by atoms with Crippen molar-refractivity contribution in [2.24, 2.45) is 11.3 Å². The van der Waals surface area contributed by atoms with Gasteiger partial charge in [-0.1, -0.05) is 18.2 Å². The highest BCUT2D eigenvalue weighted by Crippen LogP contribution is 2.58. The van der Waals surface area contributed by atoms with E-state index in [2.05, 4.69) is 15.7 Å². The Labute approximate surface area is 148 Å². The van der Waals surface area contributed by atoms with Crippen LogP contribution in [0.1, 0.15) is 24.8 Å². The van der Waals surface area contributed by atoms with Crippen molar-refractivity contribution in [2.45, 2.75) is 26.2 Å². The number of nitrogens with zero attached hydrogens (tertiary/aromatic N) is 2. The summed E-state index contributed by atoms with van der Waals surface area (Å²) in [7, 11) is 0. The van der Waals surface area contributed by atoms with Crippen molar-refractivity contribution in [3.8, 4) is 5.69 Å². The number of hydrogen-bond donors (Lipinski definition) is 2. The molecule has 0 radical (unpaired) electrons. The molecule has 1 aromatic carbocycles. The summed E-state index contributed by atoms with van der Waals surface area (Å²) in [4.78, 5) is 12.6. The molecule has 1 saturated carbocycles. The van der Waals surface area contributed by atoms with Gasteiger partial charge >= 0.3 is 0 Å². The lowest BCUT2D eigenvalue weighted by Gasteiger charge is -2.23. The van der Waals surface area contributed by atoms with Gasteiger partial charge < -0.3 is 10.6 Å². The quantitative estimate of drug-likeness (QED) is 0.898. The van der Waals surface area contributed by atoms with E-state index in [0.29, 0.717) is 0 Å². The van der Waals surface area contributed by atoms with Crippen molar-refractivity contribution < 1.29 is 4.79 Å². The Kier molecular flexibility index (Phi) is 4.65. The average Bonchev–Trinajstić information content (AvgIpc) is 3.05. The molecule has 1 atom stereocenters. The van der Waals surface area contributed by atoms with Gasteiger partial charge in [0.05, 0.1) is 11.9 Å². The van der Waals surface area contributed by atoms with Gasteiger partial charge in [0.15, 0.2) is 0 Å². The van der Waals surface area contributed by atoms with Gasteiger partial charge in [-0.15, -0.1) is 12.4 Å². The van der Waals surface area contributed by atoms with E-state index < -0.39 is 0 Å². The Morgan fingerprint density at radius 2 is 2.04 bits per heavy atom. The smallest absolute Gasteiger partial charge is 0.229 e. The molecule has 24 heavy (non-hydrogen) atoms. The van der Waals surface area contributed by atoms with Crippen LogP contribution in [0.5, 0.6) is 0 Å². The molecule has 6 heteroatoms. The van der Waals surface area contributed by atoms with E-state index in [1.807, 2.05) is 41.9 Å². The minimum Gasteiger partial charge on any atom is -0.317 e. The van der Waals surface area contributed by atoms with Crippen LogP contribution in [0, 0.1) is 18.3 Å². The second-order valence-corrected chi connectivity index (χ2v) is 6.77. The molecule has 2 N–H and O–H groups in total. The number of hydrogen-bond acceptors (Lipinski definition) is 3. The predicted octanol–water partition coefficient (Wildman–Crippen LogP) is 2.93. The van der Waals surface area contributed by atoms with Crippen molar-refractivity contribution in [1.29, 1.82) is 0 Å². The molecule has 1 unspecified atom stereocenters. The topological polar surface area (TPSA) is 59.0 Å². The van der Waals surface area contributed by atoms with Gasteiger partial charge in [-0.2, -0.15) is 5.10 Å². The van der Waals surface area contributed by atoms with Crippen molar-refractivity contribution in [2.75, 3.05) is 18.4 Å². The average molecular weight is 347 g/mol. The Balaban J connectivity index is 0.00000169. The third-order valence-electron chi connectivity index (χ3n) is 5.34. The number of halogens is 1. The molecule has 1 saturated heterocycles. The summed E-state index contributed by atoms with van der Waals surface area (Å²) >= 11 is 0. The Morgan fingerprint density at radius 3 is 2.79 bits per heavy atom. The first-order valence-electron chi connectivity index (χ1n) is 8.31. The van der Waals surface area contributed by atoms with Crippen LogP contribution in [-0.4, -0.2) is 28.8 Å². The van der Waals surface area contributed by atoms with E-state index in [-0.39, 0.29) is 29.6 Å². The number of rotatable bonds is 3. The van der Waals surface area contributed by atoms with Gasteiger partial charge in [0.1, 0.15) is 5.82 Å². The summed E-state index contributed by atoms with van der Waals surface area (Å²) in [6.07, 6.45) is 4.98. The summed E-state index contributed by atoms with van der Waals surface area (Å²) in [5.41, 5.74) is 2.39. The van der Waals surface area contributed by atoms with Crippen LogP contribution in [0.4, 0.5) is 5.82 Å². The number of amides is 1. The van der Waals surface area contributed by atoms with Crippen LogP contribution in [0.2, 0.25) is 0 Å². The van der Waals surface area contributed by atoms with Crippen molar-refractivity contribution >= 4 is 24.1 Å². The van der Waals surface area contributed by atoms with Crippen molar-refractivity contribution in [3.63, 3.8) is 0 Å². The summed E-state index contributed by atoms with van der Waals surface area (Å²) in [5, 5.41) is 10.8. The second-order valence-electron chi connectivity index (χ2n) is 6.77. The zero-order valence-electron chi connectivity index (χ0n) is 13.8. The summed E-state index contributed by atoms with van der Waals surface area (Å²) in [5.74, 6) is 1.05. The van der Waals surface area contributed by atoms with E-state index in [9.17, 15) is 4.79 Å². The third kappa shape index (κ3) is 2.94. The lowest BCUT2D eigenvalue weighted by atomic mass is 9.92. The molecule has 1 amide bonds. The van der Waals surface area contributed by atoms with Crippen LogP contribution in [0.3, 0.4) is 0 Å². The van der Waals surface area contributed by atoms with E-state index in [4.69, 9.17) is 0 Å². The number of aryl methyl sites for hydroxylation is 1. The Bertz CT molecular complexity index is 736. The summed E-state index contributed by atoms with van der Waals surface area (Å²) in [6, 6.07) is 9.92. The summed E-state index contributed by atoms with van der Waals surface area (Å²) < 4.78 is 1.81. The van der Waals surface area contributed by atoms with Crippen LogP contribution in [0.15, 0.2) is 36.5 Å². The van der Waals surface area contributed by atoms with Crippen LogP contribution >= 0.6 is 12.4 Å². The molecule has 5 nitrogen and oxygen atoms in total. The predicted molar refractivity (Wildman–Crippen MR) is 96.8 cm³/mol. The molecule has 2 heterocycles. The lowest BCUT2D eigenvalue weighted by molar-refractivity contribution is -0.118. The number of carbonyl (C=O) groups is 1. The SMILES string of the molecule is Cc1ccccc1-n1nccc1NC(=O)C1CC12CCNCC2.Cl. The molecule has 128 valence electrons. The van der Waals surface area contributed by atoms with Gasteiger partial charge in [0.2, 0.25) is 5.91 Å². The maximum atomic E-state index is 12.6. The zero-order valence-corrected chi connectivity index (χ0v) is 14.6. The van der Waals surface area contributed by atoms with Gasteiger partial charge in [-0.05, 0) is 56.3 Å². The highest BCUT2D eigenvalue weighted by Gasteiger charge is 2.57. The minimum atomic E-state index is 0. The Morgan fingerprint density at radius 1 is 1.29 bits per heavy atom. The molecular formula is C18H23ClN4O. The molecule has 2 fully saturated rings. The molecule has 2 aliphatic rings. The largest absolute Gasteiger partial charge is 0.317 e. The lowest BCUT2D eigenvalue weighted by Crippen LogP contribution is -2.31. The highest BCUT2D eigenvalue weighted by molar-refractivity contribution is 5.94. The van der Waals surface area contributed by atoms with E-state index in [1.165, 1.54) is 0 Å². The number of nitrogens with one attached hydrogen (secondary N) is 2. The van der Waals surface area contributed by atoms with Crippen LogP contribution in [0.25, 0.3) is 5.69 Å². The van der Waals surface area contributed by atoms with Gasteiger partial charge in [0, 0.05) is 12.0 Å². The molecule has 2 aromatic rings. The fraction of sp³-hybridized carbons (Fsp3) is 0.444. The number of anilines is 1. The van der Waals surface area contributed by atoms with E-state index in [1.54, 1.807) is 6.20 Å². The van der Waals surface area contributed by atoms with Crippen LogP contribution in [-0.2, 0) is 4.79 Å². The maximum Gasteiger partial charge on any atom is 0.229 e. The summed E-state index contributed by atoms with van der Waals surface area (Å²) in [6.45, 7) is 4.11. The maximum absolute atomic E-state index is 12.6. The third-order valence-corrected chi connectivity index (χ3v) is 5.34. The first-order chi connectivity index (χ1) is 11.2. The fourth-order valence-corrected chi connectivity index (χ4v) is 3.80. The standard InChI is InChI=1S/C18H22N4O.ClH/c1-13-4-2-3-5-15(13)22-16(6-9-20-22)21-17(23)14-12-18(14)7-10-19-11-8-18;/h2-6,9,14,19H,7-8,10-12H2,1H3,(H,21,23);1H. The zero-order chi connectivity index (χ0) is 15.9. The normalized spacial score (nSPS) is 21.1. The minimum absolute atomic E-state index is 0. The molecule has 1 spiro atoms. The fourth-order valence-electron chi connectivity index (χ4n) is 3.80. The van der Waals surface area contributed by atoms with E-state index >= 15 is 0 Å². The number of benzene rings is 1. The molecule has 1 aliphatic heterocycles. The number of para-hydroxylation sites is 1. The molecular weight excluding hydrogens is 324 g/mol. The molecule has 1 aromatic heterocycles. The van der Waals surface area contributed by atoms with Gasteiger partial charge in [0.25, 0.3) is 0 Å². The number of carbonyl (C=O) groups excluding carboxylic acids is 1. The van der Waals surface area contributed by atoms with E-state index in [0.717, 1.165) is 49.4 Å². The molecule has 0 bridgehead atoms.